The quantitative estimate of drug-likeness (QED) is 0.447. The van der Waals surface area contributed by atoms with Crippen LogP contribution in [0, 0.1) is 11.8 Å². The summed E-state index contributed by atoms with van der Waals surface area (Å²) in [7, 11) is 1.98. The first-order valence-electron chi connectivity index (χ1n) is 14.5. The second-order valence-corrected chi connectivity index (χ2v) is 12.4. The van der Waals surface area contributed by atoms with Crippen molar-refractivity contribution in [1.29, 1.82) is 0 Å². The van der Waals surface area contributed by atoms with Gasteiger partial charge in [-0.2, -0.15) is 0 Å². The SMILES string of the molecule is CC1CCCN([C@@H](C)c2cc3c(cn2)C(C2CC2)N(c2cccc(C4(Cc5nncn5C)COC4)c2)C3=O)C1. The standard InChI is InChI=1S/C31H38N6O2/c1-20-6-5-11-36(16-20)21(2)27-13-25-26(15-32-27)29(22-9-10-22)37(30(25)38)24-8-4-7-23(12-24)31(17-39-18-31)14-28-34-33-19-35(28)3/h4,7-8,12-13,15,19-22,29H,5-6,9-11,14,16-18H2,1-3H3/t20?,21-,29?/m0/s1. The molecule has 7 rings (SSSR count). The Morgan fingerprint density at radius 1 is 1.18 bits per heavy atom. The van der Waals surface area contributed by atoms with Crippen molar-refractivity contribution < 1.29 is 9.53 Å². The molecule has 8 heteroatoms. The van der Waals surface area contributed by atoms with Gasteiger partial charge in [0.2, 0.25) is 0 Å². The van der Waals surface area contributed by atoms with Crippen molar-refractivity contribution in [2.75, 3.05) is 31.2 Å². The van der Waals surface area contributed by atoms with E-state index < -0.39 is 0 Å². The van der Waals surface area contributed by atoms with Gasteiger partial charge in [-0.3, -0.25) is 14.7 Å². The minimum absolute atomic E-state index is 0.0574. The monoisotopic (exact) mass is 526 g/mol. The van der Waals surface area contributed by atoms with E-state index in [1.807, 2.05) is 17.8 Å². The summed E-state index contributed by atoms with van der Waals surface area (Å²) in [6.07, 6.45) is 9.34. The number of piperidine rings is 1. The van der Waals surface area contributed by atoms with Gasteiger partial charge in [-0.25, -0.2) is 0 Å². The summed E-state index contributed by atoms with van der Waals surface area (Å²) in [5, 5.41) is 8.40. The number of carbonyl (C=O) groups is 1. The Hall–Kier alpha value is -3.10. The number of hydrogen-bond donors (Lipinski definition) is 0. The molecule has 3 aromatic rings. The van der Waals surface area contributed by atoms with Gasteiger partial charge in [0.1, 0.15) is 12.2 Å². The number of likely N-dealkylation sites (tertiary alicyclic amines) is 1. The third-order valence-electron chi connectivity index (χ3n) is 9.53. The van der Waals surface area contributed by atoms with E-state index >= 15 is 0 Å². The molecule has 1 aliphatic carbocycles. The van der Waals surface area contributed by atoms with Crippen molar-refractivity contribution in [1.82, 2.24) is 24.6 Å². The zero-order valence-electron chi connectivity index (χ0n) is 23.2. The molecule has 3 aliphatic heterocycles. The number of anilines is 1. The molecule has 5 heterocycles. The van der Waals surface area contributed by atoms with Crippen LogP contribution in [0.2, 0.25) is 0 Å². The van der Waals surface area contributed by atoms with Crippen molar-refractivity contribution in [2.24, 2.45) is 18.9 Å². The first-order valence-corrected chi connectivity index (χ1v) is 14.5. The lowest BCUT2D eigenvalue weighted by atomic mass is 9.75. The first kappa shape index (κ1) is 24.9. The fourth-order valence-electron chi connectivity index (χ4n) is 6.92. The maximum absolute atomic E-state index is 14.1. The molecular weight excluding hydrogens is 488 g/mol. The van der Waals surface area contributed by atoms with Crippen LogP contribution in [0.3, 0.4) is 0 Å². The van der Waals surface area contributed by atoms with E-state index in [0.717, 1.165) is 60.7 Å². The molecule has 3 atom stereocenters. The third-order valence-corrected chi connectivity index (χ3v) is 9.53. The van der Waals surface area contributed by atoms with E-state index in [-0.39, 0.29) is 23.4 Å². The normalized spacial score (nSPS) is 25.4. The molecule has 39 heavy (non-hydrogen) atoms. The van der Waals surface area contributed by atoms with Crippen LogP contribution in [0.25, 0.3) is 0 Å². The maximum atomic E-state index is 14.1. The number of pyridine rings is 1. The fourth-order valence-corrected chi connectivity index (χ4v) is 6.92. The second-order valence-electron chi connectivity index (χ2n) is 12.4. The third kappa shape index (κ3) is 4.28. The van der Waals surface area contributed by atoms with Crippen LogP contribution in [-0.2, 0) is 23.6 Å². The van der Waals surface area contributed by atoms with E-state index in [1.54, 1.807) is 6.33 Å². The van der Waals surface area contributed by atoms with Crippen molar-refractivity contribution in [2.45, 2.75) is 63.5 Å². The van der Waals surface area contributed by atoms with Gasteiger partial charge >= 0.3 is 0 Å². The van der Waals surface area contributed by atoms with E-state index in [9.17, 15) is 4.79 Å². The number of nitrogens with zero attached hydrogens (tertiary/aromatic N) is 6. The molecule has 2 saturated heterocycles. The molecule has 1 amide bonds. The smallest absolute Gasteiger partial charge is 0.259 e. The molecule has 3 fully saturated rings. The summed E-state index contributed by atoms with van der Waals surface area (Å²) >= 11 is 0. The van der Waals surface area contributed by atoms with Crippen molar-refractivity contribution in [3.63, 3.8) is 0 Å². The molecule has 8 nitrogen and oxygen atoms in total. The average molecular weight is 527 g/mol. The largest absolute Gasteiger partial charge is 0.379 e. The highest BCUT2D eigenvalue weighted by Crippen LogP contribution is 2.51. The zero-order chi connectivity index (χ0) is 26.7. The van der Waals surface area contributed by atoms with Gasteiger partial charge < -0.3 is 14.2 Å². The minimum atomic E-state index is -0.156. The van der Waals surface area contributed by atoms with E-state index in [1.165, 1.54) is 18.4 Å². The lowest BCUT2D eigenvalue weighted by molar-refractivity contribution is -0.0611. The molecule has 0 bridgehead atoms. The van der Waals surface area contributed by atoms with Crippen LogP contribution >= 0.6 is 0 Å². The number of amides is 1. The summed E-state index contributed by atoms with van der Waals surface area (Å²) in [5.74, 6) is 2.25. The highest BCUT2D eigenvalue weighted by Gasteiger charge is 2.47. The molecule has 0 spiro atoms. The molecular formula is C31H38N6O2. The number of carbonyl (C=O) groups excluding carboxylic acids is 1. The van der Waals surface area contributed by atoms with Crippen LogP contribution in [-0.4, -0.2) is 56.9 Å². The summed E-state index contributed by atoms with van der Waals surface area (Å²) in [5.41, 5.74) is 4.94. The zero-order valence-corrected chi connectivity index (χ0v) is 23.2. The van der Waals surface area contributed by atoms with Crippen molar-refractivity contribution in [3.8, 4) is 0 Å². The molecule has 1 aromatic carbocycles. The fraction of sp³-hybridized carbons (Fsp3) is 0.548. The van der Waals surface area contributed by atoms with Gasteiger partial charge in [0.25, 0.3) is 5.91 Å². The Bertz CT molecular complexity index is 1390. The van der Waals surface area contributed by atoms with Crippen LogP contribution in [0.15, 0.2) is 42.9 Å². The number of benzene rings is 1. The van der Waals surface area contributed by atoms with Crippen LogP contribution in [0.4, 0.5) is 5.69 Å². The van der Waals surface area contributed by atoms with Gasteiger partial charge in [0, 0.05) is 54.5 Å². The topological polar surface area (TPSA) is 76.4 Å². The summed E-state index contributed by atoms with van der Waals surface area (Å²) in [6.45, 7) is 8.05. The number of ether oxygens (including phenoxy) is 1. The first-order chi connectivity index (χ1) is 18.9. The minimum Gasteiger partial charge on any atom is -0.379 e. The van der Waals surface area contributed by atoms with E-state index in [2.05, 4.69) is 64.2 Å². The molecule has 4 aliphatic rings. The predicted molar refractivity (Wildman–Crippen MR) is 149 cm³/mol. The van der Waals surface area contributed by atoms with Gasteiger partial charge in [-0.1, -0.05) is 19.1 Å². The summed E-state index contributed by atoms with van der Waals surface area (Å²) in [6, 6.07) is 10.9. The van der Waals surface area contributed by atoms with Crippen LogP contribution < -0.4 is 4.90 Å². The van der Waals surface area contributed by atoms with E-state index in [4.69, 9.17) is 9.72 Å². The molecule has 2 aromatic heterocycles. The number of fused-ring (bicyclic) bond motifs is 1. The Balaban J connectivity index is 1.21. The Morgan fingerprint density at radius 3 is 2.72 bits per heavy atom. The molecule has 204 valence electrons. The maximum Gasteiger partial charge on any atom is 0.259 e. The molecule has 0 N–H and O–H groups in total. The van der Waals surface area contributed by atoms with Gasteiger partial charge in [0.15, 0.2) is 0 Å². The van der Waals surface area contributed by atoms with Crippen molar-refractivity contribution >= 4 is 11.6 Å². The second kappa shape index (κ2) is 9.52. The highest BCUT2D eigenvalue weighted by molar-refractivity contribution is 6.11. The summed E-state index contributed by atoms with van der Waals surface area (Å²) in [4.78, 5) is 23.7. The summed E-state index contributed by atoms with van der Waals surface area (Å²) < 4.78 is 7.71. The van der Waals surface area contributed by atoms with Gasteiger partial charge in [0.05, 0.1) is 24.9 Å². The lowest BCUT2D eigenvalue weighted by Gasteiger charge is -2.42. The number of aryl methyl sites for hydroxylation is 1. The van der Waals surface area contributed by atoms with E-state index in [0.29, 0.717) is 25.0 Å². The Kier molecular flexibility index (Phi) is 6.08. The van der Waals surface area contributed by atoms with Crippen molar-refractivity contribution in [3.05, 3.63) is 71.1 Å². The lowest BCUT2D eigenvalue weighted by Crippen LogP contribution is -2.49. The predicted octanol–water partition coefficient (Wildman–Crippen LogP) is 4.63. The van der Waals surface area contributed by atoms with Crippen LogP contribution in [0.5, 0.6) is 0 Å². The number of hydrogen-bond acceptors (Lipinski definition) is 6. The number of rotatable bonds is 7. The molecule has 0 radical (unpaired) electrons. The Labute approximate surface area is 230 Å². The van der Waals surface area contributed by atoms with Gasteiger partial charge in [-0.15, -0.1) is 10.2 Å². The Morgan fingerprint density at radius 2 is 2.03 bits per heavy atom. The molecule has 1 saturated carbocycles. The number of aromatic nitrogens is 4. The van der Waals surface area contributed by atoms with Crippen LogP contribution in [0.1, 0.15) is 84.6 Å². The molecule has 2 unspecified atom stereocenters. The van der Waals surface area contributed by atoms with Gasteiger partial charge in [-0.05, 0) is 74.8 Å². The highest BCUT2D eigenvalue weighted by atomic mass is 16.5. The average Bonchev–Trinajstić information content (AvgIpc) is 3.62.